The van der Waals surface area contributed by atoms with E-state index in [4.69, 9.17) is 9.31 Å². The molecular weight excluding hydrogens is 258 g/mol. The average molecular weight is 277 g/mol. The fourth-order valence-electron chi connectivity index (χ4n) is 2.03. The summed E-state index contributed by atoms with van der Waals surface area (Å²) in [5, 5.41) is 2.44. The van der Waals surface area contributed by atoms with Crippen molar-refractivity contribution in [2.45, 2.75) is 57.5 Å². The lowest BCUT2D eigenvalue weighted by Gasteiger charge is -2.32. The van der Waals surface area contributed by atoms with E-state index in [9.17, 15) is 13.2 Å². The maximum absolute atomic E-state index is 12.0. The van der Waals surface area contributed by atoms with Crippen molar-refractivity contribution < 1.29 is 22.5 Å². The second kappa shape index (κ2) is 4.50. The van der Waals surface area contributed by atoms with Gasteiger partial charge in [-0.15, -0.1) is 0 Å². The molecule has 1 N–H and O–H groups in total. The minimum absolute atomic E-state index is 0.240. The van der Waals surface area contributed by atoms with E-state index in [0.717, 1.165) is 5.47 Å². The second-order valence-corrected chi connectivity index (χ2v) is 6.14. The molecule has 1 heterocycles. The van der Waals surface area contributed by atoms with Gasteiger partial charge in [0.1, 0.15) is 0 Å². The molecular formula is C12H19BF3NO2. The molecule has 7 heteroatoms. The smallest absolute Gasteiger partial charge is 0.400 e. The highest BCUT2D eigenvalue weighted by Crippen LogP contribution is 2.40. The topological polar surface area (TPSA) is 30.5 Å². The molecule has 2 rings (SSSR count). The number of alkyl halides is 3. The van der Waals surface area contributed by atoms with Crippen molar-refractivity contribution in [2.24, 2.45) is 0 Å². The molecule has 0 bridgehead atoms. The Labute approximate surface area is 111 Å². The normalized spacial score (nSPS) is 29.1. The molecule has 1 unspecified atom stereocenters. The van der Waals surface area contributed by atoms with Crippen molar-refractivity contribution in [3.8, 4) is 0 Å². The molecule has 1 aliphatic carbocycles. The van der Waals surface area contributed by atoms with Crippen molar-refractivity contribution in [2.75, 3.05) is 6.54 Å². The van der Waals surface area contributed by atoms with Gasteiger partial charge in [0.05, 0.1) is 17.7 Å². The number of halogens is 3. The first-order chi connectivity index (χ1) is 8.50. The van der Waals surface area contributed by atoms with Gasteiger partial charge in [-0.05, 0) is 39.6 Å². The van der Waals surface area contributed by atoms with E-state index in [1.807, 2.05) is 27.7 Å². The van der Waals surface area contributed by atoms with Gasteiger partial charge >= 0.3 is 13.3 Å². The Morgan fingerprint density at radius 1 is 1.26 bits per heavy atom. The summed E-state index contributed by atoms with van der Waals surface area (Å²) in [6.07, 6.45) is -1.88. The average Bonchev–Trinajstić information content (AvgIpc) is 2.30. The van der Waals surface area contributed by atoms with Gasteiger partial charge in [0.2, 0.25) is 0 Å². The van der Waals surface area contributed by atoms with E-state index in [-0.39, 0.29) is 6.04 Å². The zero-order valence-electron chi connectivity index (χ0n) is 11.6. The Bertz CT molecular complexity index is 377. The van der Waals surface area contributed by atoms with Crippen LogP contribution in [0.1, 0.15) is 34.1 Å². The summed E-state index contributed by atoms with van der Waals surface area (Å²) >= 11 is 0. The van der Waals surface area contributed by atoms with Crippen LogP contribution in [0.2, 0.25) is 0 Å². The molecule has 0 amide bonds. The number of nitrogens with one attached hydrogen (secondary N) is 1. The molecule has 19 heavy (non-hydrogen) atoms. The second-order valence-electron chi connectivity index (χ2n) is 6.14. The van der Waals surface area contributed by atoms with Crippen LogP contribution < -0.4 is 5.32 Å². The molecule has 0 saturated carbocycles. The van der Waals surface area contributed by atoms with E-state index in [2.05, 4.69) is 5.32 Å². The first-order valence-corrected chi connectivity index (χ1v) is 6.36. The van der Waals surface area contributed by atoms with Crippen LogP contribution in [0, 0.1) is 0 Å². The Balaban J connectivity index is 1.87. The standard InChI is InChI=1S/C12H19BF3NO2/c1-10(2)11(3,4)19-13(18-10)8-5-9(6-8)17-7-12(14,15)16/h5,9,17H,6-7H2,1-4H3. The van der Waals surface area contributed by atoms with Gasteiger partial charge < -0.3 is 14.6 Å². The summed E-state index contributed by atoms with van der Waals surface area (Å²) < 4.78 is 47.8. The Kier molecular flexibility index (Phi) is 3.52. The monoisotopic (exact) mass is 277 g/mol. The van der Waals surface area contributed by atoms with Gasteiger partial charge in [0.15, 0.2) is 0 Å². The summed E-state index contributed by atoms with van der Waals surface area (Å²) in [7, 11) is -0.436. The molecule has 108 valence electrons. The van der Waals surface area contributed by atoms with Crippen LogP contribution in [-0.4, -0.2) is 37.1 Å². The molecule has 0 aromatic rings. The first-order valence-electron chi connectivity index (χ1n) is 6.36. The van der Waals surface area contributed by atoms with Crippen LogP contribution in [0.4, 0.5) is 13.2 Å². The Morgan fingerprint density at radius 2 is 1.74 bits per heavy atom. The molecule has 1 atom stereocenters. The molecule has 1 saturated heterocycles. The number of hydrogen-bond acceptors (Lipinski definition) is 3. The van der Waals surface area contributed by atoms with Crippen LogP contribution in [0.5, 0.6) is 0 Å². The van der Waals surface area contributed by atoms with E-state index < -0.39 is 31.0 Å². The quantitative estimate of drug-likeness (QED) is 0.804. The van der Waals surface area contributed by atoms with Crippen LogP contribution >= 0.6 is 0 Å². The van der Waals surface area contributed by atoms with Crippen molar-refractivity contribution >= 4 is 7.12 Å². The lowest BCUT2D eigenvalue weighted by atomic mass is 9.68. The highest BCUT2D eigenvalue weighted by molar-refractivity contribution is 6.55. The lowest BCUT2D eigenvalue weighted by molar-refractivity contribution is -0.125. The number of rotatable bonds is 3. The van der Waals surface area contributed by atoms with Gasteiger partial charge in [-0.25, -0.2) is 0 Å². The summed E-state index contributed by atoms with van der Waals surface area (Å²) in [6.45, 7) is 6.83. The predicted molar refractivity (Wildman–Crippen MR) is 66.6 cm³/mol. The van der Waals surface area contributed by atoms with Gasteiger partial charge in [-0.1, -0.05) is 6.08 Å². The third-order valence-corrected chi connectivity index (χ3v) is 3.99. The Hall–Kier alpha value is -0.525. The van der Waals surface area contributed by atoms with Gasteiger partial charge in [0, 0.05) is 6.04 Å². The highest BCUT2D eigenvalue weighted by atomic mass is 19.4. The van der Waals surface area contributed by atoms with Crippen LogP contribution in [0.15, 0.2) is 11.5 Å². The molecule has 0 aromatic heterocycles. The molecule has 0 aromatic carbocycles. The van der Waals surface area contributed by atoms with Crippen LogP contribution in [0.25, 0.3) is 0 Å². The Morgan fingerprint density at radius 3 is 2.16 bits per heavy atom. The third-order valence-electron chi connectivity index (χ3n) is 3.99. The minimum Gasteiger partial charge on any atom is -0.400 e. The highest BCUT2D eigenvalue weighted by Gasteiger charge is 2.53. The number of hydrogen-bond donors (Lipinski definition) is 1. The maximum atomic E-state index is 12.0. The zero-order valence-corrected chi connectivity index (χ0v) is 11.6. The molecule has 3 nitrogen and oxygen atoms in total. The van der Waals surface area contributed by atoms with Crippen LogP contribution in [0.3, 0.4) is 0 Å². The zero-order chi connectivity index (χ0) is 14.5. The molecule has 0 radical (unpaired) electrons. The fourth-order valence-corrected chi connectivity index (χ4v) is 2.03. The molecule has 0 spiro atoms. The van der Waals surface area contributed by atoms with Gasteiger partial charge in [0.25, 0.3) is 0 Å². The summed E-state index contributed by atoms with van der Waals surface area (Å²) in [5.41, 5.74) is 0.0877. The van der Waals surface area contributed by atoms with Crippen molar-refractivity contribution in [1.82, 2.24) is 5.32 Å². The summed E-state index contributed by atoms with van der Waals surface area (Å²) in [4.78, 5) is 0. The van der Waals surface area contributed by atoms with E-state index in [1.165, 1.54) is 0 Å². The maximum Gasteiger partial charge on any atom is 0.490 e. The largest absolute Gasteiger partial charge is 0.490 e. The molecule has 2 aliphatic rings. The van der Waals surface area contributed by atoms with Crippen LogP contribution in [-0.2, 0) is 9.31 Å². The molecule has 1 fully saturated rings. The van der Waals surface area contributed by atoms with Crippen molar-refractivity contribution in [1.29, 1.82) is 0 Å². The van der Waals surface area contributed by atoms with E-state index >= 15 is 0 Å². The summed E-state index contributed by atoms with van der Waals surface area (Å²) in [5.74, 6) is 0. The van der Waals surface area contributed by atoms with E-state index in [1.54, 1.807) is 6.08 Å². The van der Waals surface area contributed by atoms with Crippen molar-refractivity contribution in [3.63, 3.8) is 0 Å². The van der Waals surface area contributed by atoms with Gasteiger partial charge in [-0.3, -0.25) is 0 Å². The SMILES string of the molecule is CC1(C)OB(C2=CC(NCC(F)(F)F)C2)OC1(C)C. The summed E-state index contributed by atoms with van der Waals surface area (Å²) in [6, 6.07) is -0.240. The molecule has 1 aliphatic heterocycles. The van der Waals surface area contributed by atoms with Crippen molar-refractivity contribution in [3.05, 3.63) is 11.5 Å². The minimum atomic E-state index is -4.17. The first kappa shape index (κ1) is 14.9. The lowest BCUT2D eigenvalue weighted by Crippen LogP contribution is -2.43. The fraction of sp³-hybridized carbons (Fsp3) is 0.833. The third kappa shape index (κ3) is 3.15. The van der Waals surface area contributed by atoms with E-state index in [0.29, 0.717) is 6.42 Å². The van der Waals surface area contributed by atoms with Gasteiger partial charge in [-0.2, -0.15) is 13.2 Å². The predicted octanol–water partition coefficient (Wildman–Crippen LogP) is 2.47.